The molecule has 0 unspecified atom stereocenters. The molecular formula is C13H11NO2. The van der Waals surface area contributed by atoms with E-state index in [1.165, 1.54) is 0 Å². The van der Waals surface area contributed by atoms with Crippen LogP contribution in [0.2, 0.25) is 0 Å². The standard InChI is InChI=1S/C13H11NO2/c14-11-8-4-7-10(12(11)13(15)16)9-5-2-1-3-6-9/h1-8H,14H2,(H,15,16). The number of carboxylic acid groups (broad SMARTS) is 1. The summed E-state index contributed by atoms with van der Waals surface area (Å²) in [5, 5.41) is 9.13. The van der Waals surface area contributed by atoms with Gasteiger partial charge in [0.05, 0.1) is 5.56 Å². The van der Waals surface area contributed by atoms with Gasteiger partial charge in [-0.05, 0) is 17.2 Å². The molecule has 2 rings (SSSR count). The Morgan fingerprint density at radius 1 is 1.00 bits per heavy atom. The number of carboxylic acids is 1. The highest BCUT2D eigenvalue weighted by atomic mass is 16.4. The second-order valence-electron chi connectivity index (χ2n) is 3.44. The maximum absolute atomic E-state index is 11.1. The lowest BCUT2D eigenvalue weighted by atomic mass is 9.98. The third-order valence-electron chi connectivity index (χ3n) is 2.40. The van der Waals surface area contributed by atoms with Crippen LogP contribution in [-0.4, -0.2) is 11.1 Å². The molecule has 0 aromatic heterocycles. The molecule has 3 nitrogen and oxygen atoms in total. The van der Waals surface area contributed by atoms with Gasteiger partial charge in [0, 0.05) is 5.69 Å². The minimum atomic E-state index is -1.00. The van der Waals surface area contributed by atoms with Crippen LogP contribution in [0.4, 0.5) is 5.69 Å². The summed E-state index contributed by atoms with van der Waals surface area (Å²) in [6.45, 7) is 0. The number of anilines is 1. The highest BCUT2D eigenvalue weighted by molar-refractivity contribution is 6.01. The fourth-order valence-corrected chi connectivity index (χ4v) is 1.67. The average molecular weight is 213 g/mol. The predicted molar refractivity (Wildman–Crippen MR) is 63.2 cm³/mol. The Hall–Kier alpha value is -2.29. The van der Waals surface area contributed by atoms with Crippen LogP contribution in [0, 0.1) is 0 Å². The summed E-state index contributed by atoms with van der Waals surface area (Å²) < 4.78 is 0. The fourth-order valence-electron chi connectivity index (χ4n) is 1.67. The summed E-state index contributed by atoms with van der Waals surface area (Å²) in [7, 11) is 0. The van der Waals surface area contributed by atoms with E-state index < -0.39 is 5.97 Å². The Labute approximate surface area is 93.1 Å². The summed E-state index contributed by atoms with van der Waals surface area (Å²) in [5.41, 5.74) is 7.63. The maximum atomic E-state index is 11.1. The van der Waals surface area contributed by atoms with E-state index in [4.69, 9.17) is 10.8 Å². The molecule has 0 radical (unpaired) electrons. The third kappa shape index (κ3) is 1.75. The molecule has 80 valence electrons. The minimum absolute atomic E-state index is 0.161. The van der Waals surface area contributed by atoms with E-state index in [1.54, 1.807) is 18.2 Å². The van der Waals surface area contributed by atoms with E-state index in [-0.39, 0.29) is 11.3 Å². The van der Waals surface area contributed by atoms with Crippen molar-refractivity contribution < 1.29 is 9.90 Å². The number of hydrogen-bond acceptors (Lipinski definition) is 2. The van der Waals surface area contributed by atoms with Crippen LogP contribution in [0.5, 0.6) is 0 Å². The molecule has 0 saturated carbocycles. The first-order valence-corrected chi connectivity index (χ1v) is 4.87. The smallest absolute Gasteiger partial charge is 0.338 e. The zero-order chi connectivity index (χ0) is 11.5. The molecule has 2 aromatic rings. The average Bonchev–Trinajstić information content (AvgIpc) is 2.29. The molecule has 3 N–H and O–H groups in total. The molecule has 3 heteroatoms. The third-order valence-corrected chi connectivity index (χ3v) is 2.40. The number of rotatable bonds is 2. The quantitative estimate of drug-likeness (QED) is 0.754. The monoisotopic (exact) mass is 213 g/mol. The van der Waals surface area contributed by atoms with Crippen LogP contribution in [0.25, 0.3) is 11.1 Å². The predicted octanol–water partition coefficient (Wildman–Crippen LogP) is 2.63. The molecule has 0 aliphatic carbocycles. The maximum Gasteiger partial charge on any atom is 0.338 e. The molecular weight excluding hydrogens is 202 g/mol. The number of benzene rings is 2. The molecule has 16 heavy (non-hydrogen) atoms. The van der Waals surface area contributed by atoms with Crippen molar-refractivity contribution in [2.45, 2.75) is 0 Å². The number of hydrogen-bond donors (Lipinski definition) is 2. The van der Waals surface area contributed by atoms with Gasteiger partial charge < -0.3 is 10.8 Å². The van der Waals surface area contributed by atoms with Crippen LogP contribution in [0.1, 0.15) is 10.4 Å². The first-order valence-electron chi connectivity index (χ1n) is 4.87. The Morgan fingerprint density at radius 2 is 1.69 bits per heavy atom. The van der Waals surface area contributed by atoms with Gasteiger partial charge in [-0.25, -0.2) is 4.79 Å². The van der Waals surface area contributed by atoms with Crippen LogP contribution in [0.3, 0.4) is 0 Å². The van der Waals surface area contributed by atoms with Crippen molar-refractivity contribution in [3.63, 3.8) is 0 Å². The summed E-state index contributed by atoms with van der Waals surface area (Å²) in [6.07, 6.45) is 0. The van der Waals surface area contributed by atoms with Crippen molar-refractivity contribution in [2.24, 2.45) is 0 Å². The van der Waals surface area contributed by atoms with Gasteiger partial charge in [0.15, 0.2) is 0 Å². The molecule has 0 fully saturated rings. The van der Waals surface area contributed by atoms with Gasteiger partial charge in [-0.2, -0.15) is 0 Å². The normalized spacial score (nSPS) is 10.0. The van der Waals surface area contributed by atoms with Gasteiger partial charge in [0.25, 0.3) is 0 Å². The summed E-state index contributed by atoms with van der Waals surface area (Å²) >= 11 is 0. The van der Waals surface area contributed by atoms with E-state index in [1.807, 2.05) is 30.3 Å². The lowest BCUT2D eigenvalue weighted by molar-refractivity contribution is 0.0699. The molecule has 0 saturated heterocycles. The number of aromatic carboxylic acids is 1. The highest BCUT2D eigenvalue weighted by Gasteiger charge is 2.14. The van der Waals surface area contributed by atoms with E-state index in [2.05, 4.69) is 0 Å². The van der Waals surface area contributed by atoms with E-state index >= 15 is 0 Å². The van der Waals surface area contributed by atoms with Crippen molar-refractivity contribution in [3.05, 3.63) is 54.1 Å². The number of nitrogens with two attached hydrogens (primary N) is 1. The Kier molecular flexibility index (Phi) is 2.60. The summed E-state index contributed by atoms with van der Waals surface area (Å²) in [5.74, 6) is -1.00. The van der Waals surface area contributed by atoms with Crippen molar-refractivity contribution in [3.8, 4) is 11.1 Å². The van der Waals surface area contributed by atoms with Gasteiger partial charge in [0.1, 0.15) is 0 Å². The molecule has 0 amide bonds. The second-order valence-corrected chi connectivity index (χ2v) is 3.44. The van der Waals surface area contributed by atoms with E-state index in [0.29, 0.717) is 5.56 Å². The lowest BCUT2D eigenvalue weighted by Crippen LogP contribution is -2.04. The first-order chi connectivity index (χ1) is 7.70. The zero-order valence-electron chi connectivity index (χ0n) is 8.55. The van der Waals surface area contributed by atoms with Crippen LogP contribution < -0.4 is 5.73 Å². The van der Waals surface area contributed by atoms with Crippen molar-refractivity contribution >= 4 is 11.7 Å². The Balaban J connectivity index is 2.66. The Bertz CT molecular complexity index is 521. The van der Waals surface area contributed by atoms with Gasteiger partial charge >= 0.3 is 5.97 Å². The van der Waals surface area contributed by atoms with Crippen LogP contribution >= 0.6 is 0 Å². The molecule has 0 aliphatic heterocycles. The van der Waals surface area contributed by atoms with E-state index in [9.17, 15) is 4.79 Å². The van der Waals surface area contributed by atoms with E-state index in [0.717, 1.165) is 5.56 Å². The van der Waals surface area contributed by atoms with Crippen LogP contribution in [0.15, 0.2) is 48.5 Å². The molecule has 2 aromatic carbocycles. The topological polar surface area (TPSA) is 63.3 Å². The summed E-state index contributed by atoms with van der Waals surface area (Å²) in [4.78, 5) is 11.1. The molecule has 0 aliphatic rings. The zero-order valence-corrected chi connectivity index (χ0v) is 8.55. The van der Waals surface area contributed by atoms with Gasteiger partial charge in [-0.1, -0.05) is 42.5 Å². The highest BCUT2D eigenvalue weighted by Crippen LogP contribution is 2.27. The second kappa shape index (κ2) is 4.06. The van der Waals surface area contributed by atoms with Crippen molar-refractivity contribution in [2.75, 3.05) is 5.73 Å². The number of carbonyl (C=O) groups is 1. The number of nitrogen functional groups attached to an aromatic ring is 1. The molecule has 0 atom stereocenters. The Morgan fingerprint density at radius 3 is 2.31 bits per heavy atom. The van der Waals surface area contributed by atoms with Gasteiger partial charge in [-0.3, -0.25) is 0 Å². The summed E-state index contributed by atoms with van der Waals surface area (Å²) in [6, 6.07) is 14.4. The van der Waals surface area contributed by atoms with Crippen LogP contribution in [-0.2, 0) is 0 Å². The van der Waals surface area contributed by atoms with Gasteiger partial charge in [-0.15, -0.1) is 0 Å². The first kappa shape index (κ1) is 10.2. The SMILES string of the molecule is Nc1cccc(-c2ccccc2)c1C(=O)O. The van der Waals surface area contributed by atoms with Crippen molar-refractivity contribution in [1.29, 1.82) is 0 Å². The lowest BCUT2D eigenvalue weighted by Gasteiger charge is -2.08. The molecule has 0 bridgehead atoms. The van der Waals surface area contributed by atoms with Gasteiger partial charge in [0.2, 0.25) is 0 Å². The molecule has 0 heterocycles. The fraction of sp³-hybridized carbons (Fsp3) is 0. The largest absolute Gasteiger partial charge is 0.478 e. The van der Waals surface area contributed by atoms with Crippen molar-refractivity contribution in [1.82, 2.24) is 0 Å². The minimum Gasteiger partial charge on any atom is -0.478 e. The molecule has 0 spiro atoms.